The Bertz CT molecular complexity index is 1090. The highest BCUT2D eigenvalue weighted by Crippen LogP contribution is 2.38. The zero-order chi connectivity index (χ0) is 21.9. The lowest BCUT2D eigenvalue weighted by molar-refractivity contribution is 0.0926. The van der Waals surface area contributed by atoms with Crippen molar-refractivity contribution in [2.24, 2.45) is 7.05 Å². The monoisotopic (exact) mass is 431 g/mol. The second kappa shape index (κ2) is 9.14. The van der Waals surface area contributed by atoms with Crippen LogP contribution in [0.5, 0.6) is 5.75 Å². The summed E-state index contributed by atoms with van der Waals surface area (Å²) in [5, 5.41) is 7.57. The standard InChI is InChI=1S/C25H29N5O2/c1-28-24-20-9-5-6-10-22(20)32-18-21(24)23(27-28)25(31)26-11-12-29-13-15-30(16-14-29)17-19-7-3-2-4-8-19/h2-10H,11-18H2,1H3,(H,26,31). The predicted molar refractivity (Wildman–Crippen MR) is 123 cm³/mol. The molecule has 0 saturated carbocycles. The van der Waals surface area contributed by atoms with Crippen molar-refractivity contribution in [2.75, 3.05) is 39.3 Å². The molecule has 2 aromatic carbocycles. The molecule has 0 bridgehead atoms. The van der Waals surface area contributed by atoms with E-state index >= 15 is 0 Å². The molecule has 32 heavy (non-hydrogen) atoms. The second-order valence-electron chi connectivity index (χ2n) is 8.44. The maximum atomic E-state index is 12.9. The third-order valence-electron chi connectivity index (χ3n) is 6.30. The van der Waals surface area contributed by atoms with Gasteiger partial charge in [0, 0.05) is 64.0 Å². The van der Waals surface area contributed by atoms with Gasteiger partial charge in [-0.05, 0) is 17.7 Å². The topological polar surface area (TPSA) is 62.6 Å². The minimum atomic E-state index is -0.132. The molecule has 1 saturated heterocycles. The van der Waals surface area contributed by atoms with Crippen LogP contribution in [-0.2, 0) is 20.2 Å². The Hall–Kier alpha value is -3.16. The van der Waals surface area contributed by atoms with E-state index in [0.29, 0.717) is 18.8 Å². The van der Waals surface area contributed by atoms with E-state index in [4.69, 9.17) is 4.74 Å². The van der Waals surface area contributed by atoms with Crippen molar-refractivity contribution in [1.29, 1.82) is 0 Å². The molecule has 0 aliphatic carbocycles. The van der Waals surface area contributed by atoms with Crippen LogP contribution in [0, 0.1) is 0 Å². The minimum absolute atomic E-state index is 0.132. The molecule has 1 N–H and O–H groups in total. The largest absolute Gasteiger partial charge is 0.488 e. The van der Waals surface area contributed by atoms with E-state index in [9.17, 15) is 4.79 Å². The Morgan fingerprint density at radius 3 is 2.53 bits per heavy atom. The van der Waals surface area contributed by atoms with Gasteiger partial charge in [0.25, 0.3) is 5.91 Å². The van der Waals surface area contributed by atoms with Gasteiger partial charge in [0.1, 0.15) is 12.4 Å². The number of amides is 1. The number of carbonyl (C=O) groups is 1. The van der Waals surface area contributed by atoms with Crippen LogP contribution in [0.2, 0.25) is 0 Å². The van der Waals surface area contributed by atoms with Gasteiger partial charge in [-0.15, -0.1) is 0 Å². The molecule has 3 heterocycles. The maximum Gasteiger partial charge on any atom is 0.272 e. The van der Waals surface area contributed by atoms with Crippen LogP contribution < -0.4 is 10.1 Å². The van der Waals surface area contributed by atoms with Gasteiger partial charge in [-0.3, -0.25) is 19.3 Å². The summed E-state index contributed by atoms with van der Waals surface area (Å²) >= 11 is 0. The number of hydrogen-bond donors (Lipinski definition) is 1. The number of aromatic nitrogens is 2. The average molecular weight is 432 g/mol. The first-order valence-corrected chi connectivity index (χ1v) is 11.2. The Balaban J connectivity index is 1.13. The van der Waals surface area contributed by atoms with Gasteiger partial charge < -0.3 is 10.1 Å². The molecule has 3 aromatic rings. The van der Waals surface area contributed by atoms with Crippen molar-refractivity contribution >= 4 is 5.91 Å². The number of para-hydroxylation sites is 1. The van der Waals surface area contributed by atoms with E-state index in [2.05, 4.69) is 50.5 Å². The van der Waals surface area contributed by atoms with Crippen LogP contribution in [0.15, 0.2) is 54.6 Å². The SMILES string of the molecule is Cn1nc(C(=O)NCCN2CCN(Cc3ccccc3)CC2)c2c1-c1ccccc1OC2. The summed E-state index contributed by atoms with van der Waals surface area (Å²) < 4.78 is 7.65. The highest BCUT2D eigenvalue weighted by molar-refractivity contribution is 5.96. The van der Waals surface area contributed by atoms with E-state index in [1.165, 1.54) is 5.56 Å². The third kappa shape index (κ3) is 4.26. The molecule has 0 radical (unpaired) electrons. The van der Waals surface area contributed by atoms with E-state index in [1.807, 2.05) is 31.3 Å². The Morgan fingerprint density at radius 2 is 1.72 bits per heavy atom. The van der Waals surface area contributed by atoms with Crippen LogP contribution in [0.25, 0.3) is 11.3 Å². The van der Waals surface area contributed by atoms with Crippen LogP contribution in [0.3, 0.4) is 0 Å². The number of nitrogens with zero attached hydrogens (tertiary/aromatic N) is 4. The van der Waals surface area contributed by atoms with Gasteiger partial charge in [0.2, 0.25) is 0 Å². The van der Waals surface area contributed by atoms with Crippen LogP contribution >= 0.6 is 0 Å². The second-order valence-corrected chi connectivity index (χ2v) is 8.44. The van der Waals surface area contributed by atoms with Gasteiger partial charge in [0.05, 0.1) is 5.69 Å². The first kappa shape index (κ1) is 20.7. The maximum absolute atomic E-state index is 12.9. The number of carbonyl (C=O) groups excluding carboxylic acids is 1. The molecular weight excluding hydrogens is 402 g/mol. The molecule has 166 valence electrons. The van der Waals surface area contributed by atoms with Gasteiger partial charge >= 0.3 is 0 Å². The zero-order valence-corrected chi connectivity index (χ0v) is 18.5. The number of hydrogen-bond acceptors (Lipinski definition) is 5. The molecule has 5 rings (SSSR count). The van der Waals surface area contributed by atoms with Crippen molar-refractivity contribution in [3.8, 4) is 17.0 Å². The van der Waals surface area contributed by atoms with Crippen LogP contribution in [0.4, 0.5) is 0 Å². The molecule has 0 atom stereocenters. The lowest BCUT2D eigenvalue weighted by Gasteiger charge is -2.34. The molecule has 1 fully saturated rings. The van der Waals surface area contributed by atoms with Gasteiger partial charge in [-0.2, -0.15) is 5.10 Å². The smallest absolute Gasteiger partial charge is 0.272 e. The highest BCUT2D eigenvalue weighted by atomic mass is 16.5. The zero-order valence-electron chi connectivity index (χ0n) is 18.5. The van der Waals surface area contributed by atoms with E-state index in [1.54, 1.807) is 4.68 Å². The summed E-state index contributed by atoms with van der Waals surface area (Å²) in [5.41, 5.74) is 4.63. The number of rotatable bonds is 6. The number of benzene rings is 2. The normalized spacial score (nSPS) is 16.2. The minimum Gasteiger partial charge on any atom is -0.488 e. The molecule has 1 amide bonds. The molecule has 2 aliphatic heterocycles. The first-order valence-electron chi connectivity index (χ1n) is 11.2. The molecule has 0 spiro atoms. The summed E-state index contributed by atoms with van der Waals surface area (Å²) in [6.45, 7) is 6.96. The average Bonchev–Trinajstić information content (AvgIpc) is 3.18. The quantitative estimate of drug-likeness (QED) is 0.650. The number of ether oxygens (including phenoxy) is 1. The molecule has 1 aromatic heterocycles. The van der Waals surface area contributed by atoms with Gasteiger partial charge in [-0.1, -0.05) is 42.5 Å². The number of aryl methyl sites for hydroxylation is 1. The Morgan fingerprint density at radius 1 is 1.00 bits per heavy atom. The molecule has 2 aliphatic rings. The Labute approximate surface area is 188 Å². The Kier molecular flexibility index (Phi) is 5.92. The van der Waals surface area contributed by atoms with Gasteiger partial charge in [-0.25, -0.2) is 0 Å². The molecule has 7 nitrogen and oxygen atoms in total. The van der Waals surface area contributed by atoms with E-state index in [0.717, 1.165) is 61.8 Å². The first-order chi connectivity index (χ1) is 15.7. The van der Waals surface area contributed by atoms with Crippen LogP contribution in [-0.4, -0.2) is 64.8 Å². The lowest BCUT2D eigenvalue weighted by atomic mass is 10.0. The van der Waals surface area contributed by atoms with Crippen LogP contribution in [0.1, 0.15) is 21.6 Å². The van der Waals surface area contributed by atoms with E-state index < -0.39 is 0 Å². The van der Waals surface area contributed by atoms with Crippen molar-refractivity contribution in [1.82, 2.24) is 24.9 Å². The van der Waals surface area contributed by atoms with E-state index in [-0.39, 0.29) is 5.91 Å². The fourth-order valence-electron chi connectivity index (χ4n) is 4.59. The summed E-state index contributed by atoms with van der Waals surface area (Å²) in [6.07, 6.45) is 0. The third-order valence-corrected chi connectivity index (χ3v) is 6.30. The molecular formula is C25H29N5O2. The molecule has 0 unspecified atom stereocenters. The fraction of sp³-hybridized carbons (Fsp3) is 0.360. The highest BCUT2D eigenvalue weighted by Gasteiger charge is 2.28. The van der Waals surface area contributed by atoms with Crippen molar-refractivity contribution in [3.63, 3.8) is 0 Å². The van der Waals surface area contributed by atoms with Crippen molar-refractivity contribution in [2.45, 2.75) is 13.2 Å². The number of nitrogens with one attached hydrogen (secondary N) is 1. The summed E-state index contributed by atoms with van der Waals surface area (Å²) in [6, 6.07) is 18.5. The number of fused-ring (bicyclic) bond motifs is 3. The number of piperazine rings is 1. The summed E-state index contributed by atoms with van der Waals surface area (Å²) in [7, 11) is 1.88. The van der Waals surface area contributed by atoms with Crippen molar-refractivity contribution in [3.05, 3.63) is 71.4 Å². The fourth-order valence-corrected chi connectivity index (χ4v) is 4.59. The van der Waals surface area contributed by atoms with Crippen molar-refractivity contribution < 1.29 is 9.53 Å². The summed E-state index contributed by atoms with van der Waals surface area (Å²) in [5.74, 6) is 0.703. The predicted octanol–water partition coefficient (Wildman–Crippen LogP) is 2.53. The summed E-state index contributed by atoms with van der Waals surface area (Å²) in [4.78, 5) is 17.8. The molecule has 7 heteroatoms. The van der Waals surface area contributed by atoms with Gasteiger partial charge in [0.15, 0.2) is 5.69 Å². The lowest BCUT2D eigenvalue weighted by Crippen LogP contribution is -2.48.